The Balaban J connectivity index is 2.27. The van der Waals surface area contributed by atoms with E-state index in [-0.39, 0.29) is 12.1 Å². The van der Waals surface area contributed by atoms with Crippen LogP contribution in [0.3, 0.4) is 0 Å². The van der Waals surface area contributed by atoms with Gasteiger partial charge in [-0.05, 0) is 51.0 Å². The molecular weight excluding hydrogens is 278 g/mol. The Morgan fingerprint density at radius 1 is 1.35 bits per heavy atom. The van der Waals surface area contributed by atoms with Crippen molar-refractivity contribution < 1.29 is 5.11 Å². The van der Waals surface area contributed by atoms with Crippen LogP contribution in [0.5, 0.6) is 0 Å². The molecule has 0 radical (unpaired) electrons. The van der Waals surface area contributed by atoms with E-state index in [2.05, 4.69) is 58.9 Å². The van der Waals surface area contributed by atoms with Crippen LogP contribution in [-0.4, -0.2) is 23.8 Å². The number of halogens is 1. The number of nitrogens with zero attached hydrogens (tertiary/aromatic N) is 1. The molecule has 1 fully saturated rings. The van der Waals surface area contributed by atoms with Crippen molar-refractivity contribution in [3.63, 3.8) is 0 Å². The molecule has 0 aliphatic carbocycles. The topological polar surface area (TPSA) is 23.5 Å². The predicted molar refractivity (Wildman–Crippen MR) is 75.4 cm³/mol. The zero-order valence-electron chi connectivity index (χ0n) is 10.5. The molecule has 1 heterocycles. The van der Waals surface area contributed by atoms with Crippen LogP contribution in [0, 0.1) is 5.92 Å². The molecule has 1 atom stereocenters. The van der Waals surface area contributed by atoms with Crippen LogP contribution in [0.15, 0.2) is 28.7 Å². The van der Waals surface area contributed by atoms with Gasteiger partial charge in [0.15, 0.2) is 0 Å². The highest BCUT2D eigenvalue weighted by Gasteiger charge is 2.38. The summed E-state index contributed by atoms with van der Waals surface area (Å²) in [6.07, 6.45) is 2.28. The Kier molecular flexibility index (Phi) is 3.79. The van der Waals surface area contributed by atoms with E-state index in [1.54, 1.807) is 0 Å². The zero-order chi connectivity index (χ0) is 12.5. The summed E-state index contributed by atoms with van der Waals surface area (Å²) in [6, 6.07) is 8.44. The highest BCUT2D eigenvalue weighted by atomic mass is 79.9. The van der Waals surface area contributed by atoms with Gasteiger partial charge in [0.1, 0.15) is 0 Å². The first-order valence-corrected chi connectivity index (χ1v) is 6.99. The molecule has 1 aromatic carbocycles. The van der Waals surface area contributed by atoms with Crippen molar-refractivity contribution in [2.24, 2.45) is 5.92 Å². The lowest BCUT2D eigenvalue weighted by atomic mass is 9.79. The average molecular weight is 298 g/mol. The van der Waals surface area contributed by atoms with Crippen LogP contribution in [-0.2, 0) is 0 Å². The van der Waals surface area contributed by atoms with E-state index in [1.807, 2.05) is 0 Å². The molecule has 1 aliphatic rings. The van der Waals surface area contributed by atoms with Crippen LogP contribution in [0.2, 0.25) is 0 Å². The summed E-state index contributed by atoms with van der Waals surface area (Å²) in [5.41, 5.74) is 1.28. The lowest BCUT2D eigenvalue weighted by molar-refractivity contribution is 0.136. The van der Waals surface area contributed by atoms with Gasteiger partial charge in [-0.1, -0.05) is 15.9 Å². The molecule has 0 saturated carbocycles. The molecule has 0 spiro atoms. The Morgan fingerprint density at radius 3 is 2.59 bits per heavy atom. The van der Waals surface area contributed by atoms with Gasteiger partial charge in [0.2, 0.25) is 0 Å². The third-order valence-corrected chi connectivity index (χ3v) is 4.52. The summed E-state index contributed by atoms with van der Waals surface area (Å²) in [5, 5.41) is 9.50. The summed E-state index contributed by atoms with van der Waals surface area (Å²) in [4.78, 5) is 2.42. The minimum atomic E-state index is 0.0286. The van der Waals surface area contributed by atoms with Gasteiger partial charge in [-0.25, -0.2) is 0 Å². The standard InChI is InChI=1S/C14H20BrNO/c1-14(2)11(10-17)4-3-9-16(14)13-7-5-12(15)6-8-13/h5-8,11,17H,3-4,9-10H2,1-2H3. The molecule has 2 nitrogen and oxygen atoms in total. The maximum Gasteiger partial charge on any atom is 0.0481 e. The van der Waals surface area contributed by atoms with Crippen LogP contribution >= 0.6 is 15.9 Å². The van der Waals surface area contributed by atoms with Gasteiger partial charge < -0.3 is 10.0 Å². The number of hydrogen-bond donors (Lipinski definition) is 1. The summed E-state index contributed by atoms with van der Waals surface area (Å²) >= 11 is 3.47. The molecular formula is C14H20BrNO. The SMILES string of the molecule is CC1(C)C(CO)CCCN1c1ccc(Br)cc1. The van der Waals surface area contributed by atoms with Crippen molar-refractivity contribution in [3.8, 4) is 0 Å². The Bertz CT molecular complexity index is 374. The van der Waals surface area contributed by atoms with E-state index < -0.39 is 0 Å². The molecule has 1 unspecified atom stereocenters. The molecule has 1 aliphatic heterocycles. The fraction of sp³-hybridized carbons (Fsp3) is 0.571. The Hall–Kier alpha value is -0.540. The molecule has 1 aromatic rings. The highest BCUT2D eigenvalue weighted by Crippen LogP contribution is 2.36. The lowest BCUT2D eigenvalue weighted by Crippen LogP contribution is -2.54. The van der Waals surface area contributed by atoms with Crippen molar-refractivity contribution in [1.82, 2.24) is 0 Å². The Labute approximate surface area is 112 Å². The van der Waals surface area contributed by atoms with Crippen molar-refractivity contribution in [2.75, 3.05) is 18.1 Å². The number of aliphatic hydroxyl groups is 1. The van der Waals surface area contributed by atoms with Gasteiger partial charge in [-0.15, -0.1) is 0 Å². The fourth-order valence-corrected chi connectivity index (χ4v) is 3.02. The van der Waals surface area contributed by atoms with E-state index in [9.17, 15) is 5.11 Å². The van der Waals surface area contributed by atoms with Gasteiger partial charge in [-0.2, -0.15) is 0 Å². The van der Waals surface area contributed by atoms with Crippen LogP contribution < -0.4 is 4.90 Å². The smallest absolute Gasteiger partial charge is 0.0481 e. The monoisotopic (exact) mass is 297 g/mol. The van der Waals surface area contributed by atoms with E-state index in [1.165, 1.54) is 5.69 Å². The largest absolute Gasteiger partial charge is 0.396 e. The lowest BCUT2D eigenvalue weighted by Gasteiger charge is -2.49. The first-order chi connectivity index (χ1) is 8.05. The molecule has 2 rings (SSSR count). The molecule has 94 valence electrons. The van der Waals surface area contributed by atoms with E-state index >= 15 is 0 Å². The number of piperidine rings is 1. The number of benzene rings is 1. The maximum absolute atomic E-state index is 9.50. The number of aliphatic hydroxyl groups excluding tert-OH is 1. The molecule has 17 heavy (non-hydrogen) atoms. The minimum Gasteiger partial charge on any atom is -0.396 e. The quantitative estimate of drug-likeness (QED) is 0.904. The van der Waals surface area contributed by atoms with Crippen molar-refractivity contribution >= 4 is 21.6 Å². The summed E-state index contributed by atoms with van der Waals surface area (Å²) in [5.74, 6) is 0.361. The third kappa shape index (κ3) is 2.50. The number of rotatable bonds is 2. The molecule has 3 heteroatoms. The molecule has 0 bridgehead atoms. The van der Waals surface area contributed by atoms with Gasteiger partial charge in [0.05, 0.1) is 0 Å². The van der Waals surface area contributed by atoms with Gasteiger partial charge >= 0.3 is 0 Å². The summed E-state index contributed by atoms with van der Waals surface area (Å²) in [7, 11) is 0. The fourth-order valence-electron chi connectivity index (χ4n) is 2.76. The van der Waals surface area contributed by atoms with Crippen LogP contribution in [0.4, 0.5) is 5.69 Å². The van der Waals surface area contributed by atoms with E-state index in [4.69, 9.17) is 0 Å². The van der Waals surface area contributed by atoms with Crippen LogP contribution in [0.1, 0.15) is 26.7 Å². The minimum absolute atomic E-state index is 0.0286. The third-order valence-electron chi connectivity index (χ3n) is 3.99. The second-order valence-electron chi connectivity index (χ2n) is 5.30. The van der Waals surface area contributed by atoms with Crippen molar-refractivity contribution in [2.45, 2.75) is 32.2 Å². The molecule has 0 aromatic heterocycles. The summed E-state index contributed by atoms with van der Waals surface area (Å²) in [6.45, 7) is 5.81. The van der Waals surface area contributed by atoms with Gasteiger partial charge in [0, 0.05) is 34.8 Å². The normalized spacial score (nSPS) is 23.8. The number of anilines is 1. The van der Waals surface area contributed by atoms with Crippen molar-refractivity contribution in [3.05, 3.63) is 28.7 Å². The second-order valence-corrected chi connectivity index (χ2v) is 6.22. The molecule has 0 amide bonds. The average Bonchev–Trinajstić information content (AvgIpc) is 2.30. The maximum atomic E-state index is 9.50. The second kappa shape index (κ2) is 4.99. The summed E-state index contributed by atoms with van der Waals surface area (Å²) < 4.78 is 1.11. The van der Waals surface area contributed by atoms with Crippen LogP contribution in [0.25, 0.3) is 0 Å². The van der Waals surface area contributed by atoms with Crippen molar-refractivity contribution in [1.29, 1.82) is 0 Å². The highest BCUT2D eigenvalue weighted by molar-refractivity contribution is 9.10. The number of hydrogen-bond acceptors (Lipinski definition) is 2. The Morgan fingerprint density at radius 2 is 2.00 bits per heavy atom. The molecule has 1 N–H and O–H groups in total. The predicted octanol–water partition coefficient (Wildman–Crippen LogP) is 3.44. The van der Waals surface area contributed by atoms with Gasteiger partial charge in [-0.3, -0.25) is 0 Å². The zero-order valence-corrected chi connectivity index (χ0v) is 12.1. The molecule has 1 saturated heterocycles. The van der Waals surface area contributed by atoms with E-state index in [0.29, 0.717) is 5.92 Å². The van der Waals surface area contributed by atoms with Gasteiger partial charge in [0.25, 0.3) is 0 Å². The first-order valence-electron chi connectivity index (χ1n) is 6.20. The first kappa shape index (κ1) is 12.9. The van der Waals surface area contributed by atoms with E-state index in [0.717, 1.165) is 23.9 Å².